The average Bonchev–Trinajstić information content (AvgIpc) is 3.05. The molecule has 1 saturated heterocycles. The minimum atomic E-state index is -1.09. The molecule has 10 heteroatoms. The molecular formula is C21H21BrN2O6S. The maximum absolute atomic E-state index is 12.5. The monoisotopic (exact) mass is 508 g/mol. The van der Waals surface area contributed by atoms with Crippen molar-refractivity contribution in [2.75, 3.05) is 26.1 Å². The molecule has 0 aromatic heterocycles. The molecule has 0 radical (unpaired) electrons. The first-order valence-corrected chi connectivity index (χ1v) is 10.8. The van der Waals surface area contributed by atoms with Gasteiger partial charge in [-0.2, -0.15) is 0 Å². The average molecular weight is 509 g/mol. The normalized spacial score (nSPS) is 16.7. The molecule has 2 aromatic carbocycles. The van der Waals surface area contributed by atoms with E-state index < -0.39 is 12.6 Å². The number of hydrogen-bond donors (Lipinski definition) is 3. The summed E-state index contributed by atoms with van der Waals surface area (Å²) in [5.74, 6) is 0.00794. The maximum atomic E-state index is 12.5. The molecule has 8 nitrogen and oxygen atoms in total. The maximum Gasteiger partial charge on any atom is 0.341 e. The smallest absolute Gasteiger partial charge is 0.341 e. The zero-order valence-corrected chi connectivity index (χ0v) is 19.4. The van der Waals surface area contributed by atoms with Crippen molar-refractivity contribution in [3.63, 3.8) is 0 Å². The molecule has 1 unspecified atom stereocenters. The SMILES string of the molecule is COc1ccc(C)cc1NC1NC(=O)/C(=C/c2cc(Br)c(OCC(=O)O)c(OC)c2)S1. The van der Waals surface area contributed by atoms with E-state index in [-0.39, 0.29) is 17.2 Å². The quantitative estimate of drug-likeness (QED) is 0.461. The Hall–Kier alpha value is -2.85. The van der Waals surface area contributed by atoms with Gasteiger partial charge in [-0.05, 0) is 64.3 Å². The number of aliphatic carboxylic acids is 1. The Balaban J connectivity index is 1.80. The highest BCUT2D eigenvalue weighted by Gasteiger charge is 2.28. The number of methoxy groups -OCH3 is 2. The van der Waals surface area contributed by atoms with E-state index in [1.807, 2.05) is 25.1 Å². The number of thioether (sulfide) groups is 1. The van der Waals surface area contributed by atoms with Crippen LogP contribution >= 0.6 is 27.7 Å². The van der Waals surface area contributed by atoms with Crippen LogP contribution in [-0.4, -0.2) is 43.3 Å². The highest BCUT2D eigenvalue weighted by atomic mass is 79.9. The highest BCUT2D eigenvalue weighted by molar-refractivity contribution is 9.10. The Morgan fingerprint density at radius 3 is 2.68 bits per heavy atom. The summed E-state index contributed by atoms with van der Waals surface area (Å²) in [6.07, 6.45) is 1.73. The van der Waals surface area contributed by atoms with Crippen molar-refractivity contribution >= 4 is 51.3 Å². The van der Waals surface area contributed by atoms with Crippen LogP contribution in [0.25, 0.3) is 6.08 Å². The number of hydrogen-bond acceptors (Lipinski definition) is 7. The van der Waals surface area contributed by atoms with E-state index in [0.717, 1.165) is 11.3 Å². The van der Waals surface area contributed by atoms with Gasteiger partial charge in [-0.15, -0.1) is 0 Å². The summed E-state index contributed by atoms with van der Waals surface area (Å²) in [5, 5.41) is 15.0. The molecule has 1 fully saturated rings. The second kappa shape index (κ2) is 9.97. The number of ether oxygens (including phenoxy) is 3. The Labute approximate surface area is 192 Å². The second-order valence-electron chi connectivity index (χ2n) is 6.54. The summed E-state index contributed by atoms with van der Waals surface area (Å²) in [7, 11) is 3.05. The van der Waals surface area contributed by atoms with Crippen LogP contribution < -0.4 is 24.8 Å². The lowest BCUT2D eigenvalue weighted by molar-refractivity contribution is -0.139. The van der Waals surface area contributed by atoms with Gasteiger partial charge in [0.25, 0.3) is 5.91 Å². The zero-order chi connectivity index (χ0) is 22.5. The zero-order valence-electron chi connectivity index (χ0n) is 17.0. The van der Waals surface area contributed by atoms with Crippen LogP contribution in [0.1, 0.15) is 11.1 Å². The third kappa shape index (κ3) is 5.65. The van der Waals surface area contributed by atoms with E-state index in [4.69, 9.17) is 19.3 Å². The van der Waals surface area contributed by atoms with Gasteiger partial charge in [0.05, 0.1) is 29.3 Å². The molecular weight excluding hydrogens is 488 g/mol. The number of benzene rings is 2. The van der Waals surface area contributed by atoms with Gasteiger partial charge in [-0.25, -0.2) is 4.79 Å². The van der Waals surface area contributed by atoms with Gasteiger partial charge in [0, 0.05) is 0 Å². The Morgan fingerprint density at radius 1 is 1.26 bits per heavy atom. The van der Waals surface area contributed by atoms with Crippen molar-refractivity contribution < 1.29 is 28.9 Å². The van der Waals surface area contributed by atoms with E-state index in [9.17, 15) is 9.59 Å². The highest BCUT2D eigenvalue weighted by Crippen LogP contribution is 2.39. The first-order valence-electron chi connectivity index (χ1n) is 9.13. The van der Waals surface area contributed by atoms with Crippen LogP contribution in [0.15, 0.2) is 39.7 Å². The fourth-order valence-electron chi connectivity index (χ4n) is 2.89. The minimum absolute atomic E-state index is 0.213. The van der Waals surface area contributed by atoms with Gasteiger partial charge in [-0.3, -0.25) is 4.79 Å². The van der Waals surface area contributed by atoms with Crippen molar-refractivity contribution in [2.24, 2.45) is 0 Å². The van der Waals surface area contributed by atoms with Gasteiger partial charge < -0.3 is 30.0 Å². The van der Waals surface area contributed by atoms with Gasteiger partial charge >= 0.3 is 5.97 Å². The molecule has 0 bridgehead atoms. The molecule has 1 heterocycles. The lowest BCUT2D eigenvalue weighted by Gasteiger charge is -2.16. The summed E-state index contributed by atoms with van der Waals surface area (Å²) in [6, 6.07) is 9.17. The predicted molar refractivity (Wildman–Crippen MR) is 123 cm³/mol. The van der Waals surface area contributed by atoms with Crippen LogP contribution in [0.3, 0.4) is 0 Å². The van der Waals surface area contributed by atoms with E-state index in [0.29, 0.717) is 26.4 Å². The van der Waals surface area contributed by atoms with E-state index in [2.05, 4.69) is 26.6 Å². The van der Waals surface area contributed by atoms with Gasteiger partial charge in [0.1, 0.15) is 5.75 Å². The van der Waals surface area contributed by atoms with Crippen LogP contribution in [-0.2, 0) is 9.59 Å². The predicted octanol–water partition coefficient (Wildman–Crippen LogP) is 3.84. The fraction of sp³-hybridized carbons (Fsp3) is 0.238. The molecule has 164 valence electrons. The van der Waals surface area contributed by atoms with Gasteiger partial charge in [-0.1, -0.05) is 17.8 Å². The Bertz CT molecular complexity index is 1040. The minimum Gasteiger partial charge on any atom is -0.495 e. The third-order valence-corrected chi connectivity index (χ3v) is 5.88. The van der Waals surface area contributed by atoms with E-state index in [1.54, 1.807) is 25.3 Å². The lowest BCUT2D eigenvalue weighted by Crippen LogP contribution is -2.31. The number of aryl methyl sites for hydroxylation is 1. The summed E-state index contributed by atoms with van der Waals surface area (Å²) in [6.45, 7) is 1.48. The molecule has 1 aliphatic heterocycles. The first kappa shape index (κ1) is 22.8. The van der Waals surface area contributed by atoms with Gasteiger partial charge in [0.2, 0.25) is 0 Å². The molecule has 1 aliphatic rings. The number of rotatable bonds is 8. The van der Waals surface area contributed by atoms with Gasteiger partial charge in [0.15, 0.2) is 23.6 Å². The number of anilines is 1. The topological polar surface area (TPSA) is 106 Å². The van der Waals surface area contributed by atoms with E-state index in [1.165, 1.54) is 18.9 Å². The summed E-state index contributed by atoms with van der Waals surface area (Å²) in [4.78, 5) is 23.8. The van der Waals surface area contributed by atoms with Crippen molar-refractivity contribution in [1.29, 1.82) is 0 Å². The number of carboxylic acids is 1. The number of amides is 1. The molecule has 31 heavy (non-hydrogen) atoms. The standard InChI is InChI=1S/C21H21BrN2O6S/c1-11-4-5-15(28-2)14(6-11)23-21-24-20(27)17(31-21)9-12-7-13(22)19(16(8-12)29-3)30-10-18(25)26/h4-9,21,23H,10H2,1-3H3,(H,24,27)(H,25,26)/b17-9-. The molecule has 1 amide bonds. The number of carboxylic acid groups (broad SMARTS) is 1. The van der Waals surface area contributed by atoms with Crippen molar-refractivity contribution in [3.8, 4) is 17.2 Å². The summed E-state index contributed by atoms with van der Waals surface area (Å²) < 4.78 is 16.5. The van der Waals surface area contributed by atoms with Crippen molar-refractivity contribution in [1.82, 2.24) is 5.32 Å². The van der Waals surface area contributed by atoms with Crippen LogP contribution in [0.5, 0.6) is 17.2 Å². The molecule has 3 rings (SSSR count). The molecule has 0 spiro atoms. The molecule has 3 N–H and O–H groups in total. The summed E-state index contributed by atoms with van der Waals surface area (Å²) >= 11 is 4.71. The summed E-state index contributed by atoms with van der Waals surface area (Å²) in [5.41, 5.74) is 2.18. The van der Waals surface area contributed by atoms with E-state index >= 15 is 0 Å². The number of carbonyl (C=O) groups excluding carboxylic acids is 1. The lowest BCUT2D eigenvalue weighted by atomic mass is 10.2. The number of halogens is 1. The number of nitrogens with one attached hydrogen (secondary N) is 2. The van der Waals surface area contributed by atoms with Crippen LogP contribution in [0, 0.1) is 6.92 Å². The van der Waals surface area contributed by atoms with Crippen LogP contribution in [0.4, 0.5) is 5.69 Å². The first-order chi connectivity index (χ1) is 14.8. The fourth-order valence-corrected chi connectivity index (χ4v) is 4.44. The molecule has 2 aromatic rings. The van der Waals surface area contributed by atoms with Crippen molar-refractivity contribution in [2.45, 2.75) is 12.4 Å². The van der Waals surface area contributed by atoms with Crippen LogP contribution in [0.2, 0.25) is 0 Å². The number of carbonyl (C=O) groups is 2. The molecule has 0 aliphatic carbocycles. The Kier molecular flexibility index (Phi) is 7.34. The second-order valence-corrected chi connectivity index (χ2v) is 8.55. The third-order valence-electron chi connectivity index (χ3n) is 4.26. The molecule has 0 saturated carbocycles. The Morgan fingerprint density at radius 2 is 2.00 bits per heavy atom. The molecule has 1 atom stereocenters. The largest absolute Gasteiger partial charge is 0.495 e. The van der Waals surface area contributed by atoms with Crippen molar-refractivity contribution in [3.05, 3.63) is 50.8 Å².